The number of carbonyl (C=O) groups excluding carboxylic acids is 2. The van der Waals surface area contributed by atoms with E-state index in [1.807, 2.05) is 20.8 Å². The molecular weight excluding hydrogens is 314 g/mol. The minimum atomic E-state index is -1.16. The molecule has 1 heterocycles. The number of carboxylic acid groups (broad SMARTS) is 1. The Labute approximate surface area is 143 Å². The topological polar surface area (TPSA) is 93.1 Å². The molecule has 1 amide bonds. The molecule has 0 aromatic rings. The van der Waals surface area contributed by atoms with Crippen LogP contribution in [0.1, 0.15) is 47.5 Å². The normalized spacial score (nSPS) is 18.6. The molecule has 0 radical (unpaired) electrons. The molecule has 1 aliphatic heterocycles. The fourth-order valence-corrected chi connectivity index (χ4v) is 2.98. The number of likely N-dealkylation sites (tertiary alicyclic amines) is 1. The maximum Gasteiger partial charge on any atom is 0.410 e. The summed E-state index contributed by atoms with van der Waals surface area (Å²) < 4.78 is 10.2. The third-order valence-electron chi connectivity index (χ3n) is 4.27. The van der Waals surface area contributed by atoms with Crippen LogP contribution in [0, 0.1) is 17.8 Å². The maximum atomic E-state index is 12.1. The van der Waals surface area contributed by atoms with Crippen molar-refractivity contribution < 1.29 is 29.0 Å². The van der Waals surface area contributed by atoms with Crippen LogP contribution in [0.5, 0.6) is 0 Å². The Kier molecular flexibility index (Phi) is 7.05. The highest BCUT2D eigenvalue weighted by molar-refractivity contribution is 5.94. The Morgan fingerprint density at radius 3 is 2.17 bits per heavy atom. The van der Waals surface area contributed by atoms with Crippen LogP contribution < -0.4 is 0 Å². The van der Waals surface area contributed by atoms with Gasteiger partial charge in [-0.1, -0.05) is 6.92 Å². The molecule has 138 valence electrons. The summed E-state index contributed by atoms with van der Waals surface area (Å²) in [6.45, 7) is 10.0. The summed E-state index contributed by atoms with van der Waals surface area (Å²) in [7, 11) is 0. The maximum absolute atomic E-state index is 12.1. The Morgan fingerprint density at radius 2 is 1.75 bits per heavy atom. The minimum absolute atomic E-state index is 0.0502. The van der Waals surface area contributed by atoms with Gasteiger partial charge in [0.1, 0.15) is 5.60 Å². The lowest BCUT2D eigenvalue weighted by molar-refractivity contribution is -0.162. The predicted molar refractivity (Wildman–Crippen MR) is 87.5 cm³/mol. The molecular formula is C17H29NO6. The average molecular weight is 343 g/mol. The number of carbonyl (C=O) groups is 3. The number of nitrogens with zero attached hydrogens (tertiary/aromatic N) is 1. The van der Waals surface area contributed by atoms with E-state index in [-0.39, 0.29) is 24.5 Å². The molecule has 1 fully saturated rings. The predicted octanol–water partition coefficient (Wildman–Crippen LogP) is 2.53. The van der Waals surface area contributed by atoms with Crippen molar-refractivity contribution in [3.05, 3.63) is 0 Å². The van der Waals surface area contributed by atoms with Crippen molar-refractivity contribution in [2.75, 3.05) is 19.7 Å². The zero-order valence-corrected chi connectivity index (χ0v) is 15.2. The van der Waals surface area contributed by atoms with Gasteiger partial charge in [0.15, 0.2) is 5.92 Å². The highest BCUT2D eigenvalue weighted by Gasteiger charge is 2.39. The van der Waals surface area contributed by atoms with Gasteiger partial charge in [0.05, 0.1) is 6.61 Å². The molecule has 0 aliphatic carbocycles. The van der Waals surface area contributed by atoms with Gasteiger partial charge in [-0.25, -0.2) is 4.79 Å². The summed E-state index contributed by atoms with van der Waals surface area (Å²) in [5, 5.41) is 9.35. The number of ether oxygens (including phenoxy) is 2. The molecule has 7 nitrogen and oxygen atoms in total. The first-order valence-electron chi connectivity index (χ1n) is 8.44. The summed E-state index contributed by atoms with van der Waals surface area (Å²) in [5.74, 6) is -3.30. The largest absolute Gasteiger partial charge is 0.481 e. The zero-order valence-electron chi connectivity index (χ0n) is 15.2. The Hall–Kier alpha value is -1.79. The van der Waals surface area contributed by atoms with Gasteiger partial charge in [-0.05, 0) is 52.4 Å². The number of aliphatic carboxylic acids is 1. The molecule has 7 heteroatoms. The van der Waals surface area contributed by atoms with Crippen LogP contribution in [0.25, 0.3) is 0 Å². The number of hydrogen-bond donors (Lipinski definition) is 1. The van der Waals surface area contributed by atoms with Gasteiger partial charge in [-0.3, -0.25) is 9.59 Å². The van der Waals surface area contributed by atoms with Crippen molar-refractivity contribution in [3.63, 3.8) is 0 Å². The lowest BCUT2D eigenvalue weighted by atomic mass is 9.78. The van der Waals surface area contributed by atoms with Gasteiger partial charge >= 0.3 is 18.0 Å². The monoisotopic (exact) mass is 343 g/mol. The molecule has 1 saturated heterocycles. The molecule has 0 spiro atoms. The molecule has 0 aromatic heterocycles. The van der Waals surface area contributed by atoms with E-state index in [0.717, 1.165) is 0 Å². The van der Waals surface area contributed by atoms with Crippen molar-refractivity contribution in [3.8, 4) is 0 Å². The van der Waals surface area contributed by atoms with Crippen LogP contribution in [-0.4, -0.2) is 53.3 Å². The van der Waals surface area contributed by atoms with Crippen LogP contribution in [0.4, 0.5) is 4.79 Å². The number of rotatable bonds is 5. The highest BCUT2D eigenvalue weighted by Crippen LogP contribution is 2.31. The Bertz CT molecular complexity index is 462. The third kappa shape index (κ3) is 5.69. The van der Waals surface area contributed by atoms with E-state index < -0.39 is 23.5 Å². The first-order valence-corrected chi connectivity index (χ1v) is 8.44. The third-order valence-corrected chi connectivity index (χ3v) is 4.27. The second kappa shape index (κ2) is 8.35. The van der Waals surface area contributed by atoms with Crippen molar-refractivity contribution in [2.45, 2.75) is 53.1 Å². The number of hydrogen-bond acceptors (Lipinski definition) is 5. The van der Waals surface area contributed by atoms with E-state index >= 15 is 0 Å². The van der Waals surface area contributed by atoms with E-state index in [1.165, 1.54) is 0 Å². The van der Waals surface area contributed by atoms with Gasteiger partial charge in [0.2, 0.25) is 0 Å². The van der Waals surface area contributed by atoms with Crippen LogP contribution in [0.2, 0.25) is 0 Å². The van der Waals surface area contributed by atoms with E-state index in [0.29, 0.717) is 25.9 Å². The first kappa shape index (κ1) is 20.3. The van der Waals surface area contributed by atoms with E-state index in [9.17, 15) is 19.5 Å². The number of amides is 1. The molecule has 2 unspecified atom stereocenters. The van der Waals surface area contributed by atoms with Crippen LogP contribution >= 0.6 is 0 Å². The molecule has 1 aliphatic rings. The standard InChI is InChI=1S/C17H29NO6/c1-6-23-15(21)13(14(19)20)11(2)12-7-9-18(10-8-12)16(22)24-17(3,4)5/h11-13H,6-10H2,1-5H3,(H,19,20). The van der Waals surface area contributed by atoms with Crippen molar-refractivity contribution in [2.24, 2.45) is 17.8 Å². The quantitative estimate of drug-likeness (QED) is 0.609. The fourth-order valence-electron chi connectivity index (χ4n) is 2.98. The smallest absolute Gasteiger partial charge is 0.410 e. The van der Waals surface area contributed by atoms with E-state index in [4.69, 9.17) is 9.47 Å². The van der Waals surface area contributed by atoms with Gasteiger partial charge in [-0.2, -0.15) is 0 Å². The Morgan fingerprint density at radius 1 is 1.21 bits per heavy atom. The molecule has 0 bridgehead atoms. The summed E-state index contributed by atoms with van der Waals surface area (Å²) in [6, 6.07) is 0. The average Bonchev–Trinajstić information content (AvgIpc) is 2.45. The van der Waals surface area contributed by atoms with Crippen LogP contribution in [0.15, 0.2) is 0 Å². The molecule has 0 saturated carbocycles. The van der Waals surface area contributed by atoms with Crippen molar-refractivity contribution >= 4 is 18.0 Å². The number of piperidine rings is 1. The molecule has 1 rings (SSSR count). The summed E-state index contributed by atoms with van der Waals surface area (Å²) in [5.41, 5.74) is -0.542. The SMILES string of the molecule is CCOC(=O)C(C(=O)O)C(C)C1CCN(C(=O)OC(C)(C)C)CC1. The summed E-state index contributed by atoms with van der Waals surface area (Å²) >= 11 is 0. The van der Waals surface area contributed by atoms with Crippen molar-refractivity contribution in [1.29, 1.82) is 0 Å². The van der Waals surface area contributed by atoms with Crippen LogP contribution in [-0.2, 0) is 19.1 Å². The lowest BCUT2D eigenvalue weighted by Gasteiger charge is -2.36. The molecule has 1 N–H and O–H groups in total. The summed E-state index contributed by atoms with van der Waals surface area (Å²) in [6.07, 6.45) is 0.932. The summed E-state index contributed by atoms with van der Waals surface area (Å²) in [4.78, 5) is 37.0. The minimum Gasteiger partial charge on any atom is -0.481 e. The van der Waals surface area contributed by atoms with E-state index in [2.05, 4.69) is 0 Å². The second-order valence-corrected chi connectivity index (χ2v) is 7.23. The number of esters is 1. The van der Waals surface area contributed by atoms with Gasteiger partial charge in [0, 0.05) is 13.1 Å². The highest BCUT2D eigenvalue weighted by atomic mass is 16.6. The molecule has 24 heavy (non-hydrogen) atoms. The van der Waals surface area contributed by atoms with Crippen LogP contribution in [0.3, 0.4) is 0 Å². The number of carboxylic acids is 1. The lowest BCUT2D eigenvalue weighted by Crippen LogP contribution is -2.44. The van der Waals surface area contributed by atoms with Gasteiger partial charge < -0.3 is 19.5 Å². The fraction of sp³-hybridized carbons (Fsp3) is 0.824. The van der Waals surface area contributed by atoms with Gasteiger partial charge in [-0.15, -0.1) is 0 Å². The Balaban J connectivity index is 2.63. The van der Waals surface area contributed by atoms with E-state index in [1.54, 1.807) is 18.7 Å². The first-order chi connectivity index (χ1) is 11.1. The zero-order chi connectivity index (χ0) is 18.5. The molecule has 0 aromatic carbocycles. The van der Waals surface area contributed by atoms with Gasteiger partial charge in [0.25, 0.3) is 0 Å². The second-order valence-electron chi connectivity index (χ2n) is 7.23. The molecule has 2 atom stereocenters. The van der Waals surface area contributed by atoms with Crippen molar-refractivity contribution in [1.82, 2.24) is 4.90 Å².